The molecule has 0 bridgehead atoms. The number of rotatable bonds is 8. The van der Waals surface area contributed by atoms with Gasteiger partial charge >= 0.3 is 18.0 Å². The second-order valence-electron chi connectivity index (χ2n) is 7.16. The van der Waals surface area contributed by atoms with Crippen LogP contribution in [0.4, 0.5) is 13.6 Å². The molecule has 32 heavy (non-hydrogen) atoms. The third-order valence-corrected chi connectivity index (χ3v) is 5.06. The van der Waals surface area contributed by atoms with Crippen LogP contribution in [0.2, 0.25) is 0 Å². The number of nitrogens with one attached hydrogen (secondary N) is 2. The SMILES string of the molecule is C#CCC(NC(=O)C(F)(F)CNC(=O)OCC1c2ccccc2-c2ccccc21)C(=O)O. The molecule has 166 valence electrons. The molecular formula is C23H20F2N2O5. The molecule has 3 N–H and O–H groups in total. The molecule has 0 fully saturated rings. The van der Waals surface area contributed by atoms with Gasteiger partial charge in [-0.3, -0.25) is 4.79 Å². The van der Waals surface area contributed by atoms with Gasteiger partial charge in [-0.25, -0.2) is 9.59 Å². The molecule has 0 aromatic heterocycles. The summed E-state index contributed by atoms with van der Waals surface area (Å²) >= 11 is 0. The third-order valence-electron chi connectivity index (χ3n) is 5.06. The fourth-order valence-electron chi connectivity index (χ4n) is 3.49. The normalized spacial score (nSPS) is 13.3. The Hall–Kier alpha value is -3.93. The molecule has 0 aliphatic heterocycles. The van der Waals surface area contributed by atoms with Crippen molar-refractivity contribution >= 4 is 18.0 Å². The highest BCUT2D eigenvalue weighted by molar-refractivity contribution is 5.88. The van der Waals surface area contributed by atoms with Crippen molar-refractivity contribution in [3.8, 4) is 23.5 Å². The molecule has 1 atom stereocenters. The van der Waals surface area contributed by atoms with E-state index in [2.05, 4.69) is 0 Å². The average Bonchev–Trinajstić information content (AvgIpc) is 3.09. The van der Waals surface area contributed by atoms with Crippen molar-refractivity contribution < 1.29 is 33.0 Å². The minimum absolute atomic E-state index is 0.0825. The summed E-state index contributed by atoms with van der Waals surface area (Å²) < 4.78 is 33.2. The van der Waals surface area contributed by atoms with E-state index < -0.39 is 42.9 Å². The van der Waals surface area contributed by atoms with Gasteiger partial charge in [-0.2, -0.15) is 8.78 Å². The number of hydrogen-bond donors (Lipinski definition) is 3. The molecule has 2 aromatic carbocycles. The Balaban J connectivity index is 1.57. The summed E-state index contributed by atoms with van der Waals surface area (Å²) in [5.74, 6) is -5.74. The Bertz CT molecular complexity index is 1030. The van der Waals surface area contributed by atoms with Crippen molar-refractivity contribution in [3.63, 3.8) is 0 Å². The number of alkyl halides is 2. The first-order valence-corrected chi connectivity index (χ1v) is 9.68. The van der Waals surface area contributed by atoms with Gasteiger partial charge in [-0.1, -0.05) is 48.5 Å². The zero-order valence-corrected chi connectivity index (χ0v) is 16.8. The molecule has 2 amide bonds. The van der Waals surface area contributed by atoms with Gasteiger partial charge in [0.1, 0.15) is 12.6 Å². The number of carboxylic acids is 1. The quantitative estimate of drug-likeness (QED) is 0.546. The lowest BCUT2D eigenvalue weighted by atomic mass is 9.98. The van der Waals surface area contributed by atoms with Crippen LogP contribution < -0.4 is 10.6 Å². The first-order valence-electron chi connectivity index (χ1n) is 9.68. The van der Waals surface area contributed by atoms with Crippen LogP contribution in [-0.2, 0) is 14.3 Å². The largest absolute Gasteiger partial charge is 0.480 e. The fourth-order valence-corrected chi connectivity index (χ4v) is 3.49. The van der Waals surface area contributed by atoms with Gasteiger partial charge in [0.15, 0.2) is 0 Å². The average molecular weight is 442 g/mol. The Morgan fingerprint density at radius 3 is 2.19 bits per heavy atom. The molecule has 0 heterocycles. The van der Waals surface area contributed by atoms with Crippen LogP contribution in [0.15, 0.2) is 48.5 Å². The van der Waals surface area contributed by atoms with Gasteiger partial charge in [0.25, 0.3) is 5.91 Å². The molecule has 1 unspecified atom stereocenters. The molecule has 0 saturated heterocycles. The predicted octanol–water partition coefficient (Wildman–Crippen LogP) is 2.75. The van der Waals surface area contributed by atoms with Gasteiger partial charge < -0.3 is 20.5 Å². The summed E-state index contributed by atoms with van der Waals surface area (Å²) in [5, 5.41) is 12.4. The maximum Gasteiger partial charge on any atom is 0.407 e. The first-order chi connectivity index (χ1) is 15.2. The second kappa shape index (κ2) is 9.47. The summed E-state index contributed by atoms with van der Waals surface area (Å²) in [6, 6.07) is 13.6. The summed E-state index contributed by atoms with van der Waals surface area (Å²) in [7, 11) is 0. The number of hydrogen-bond acceptors (Lipinski definition) is 4. The van der Waals surface area contributed by atoms with Gasteiger partial charge in [-0.15, -0.1) is 12.3 Å². The monoisotopic (exact) mass is 442 g/mol. The van der Waals surface area contributed by atoms with E-state index in [1.165, 1.54) is 0 Å². The highest BCUT2D eigenvalue weighted by atomic mass is 19.3. The van der Waals surface area contributed by atoms with Crippen molar-refractivity contribution in [2.75, 3.05) is 13.2 Å². The first kappa shape index (κ1) is 22.7. The minimum Gasteiger partial charge on any atom is -0.480 e. The van der Waals surface area contributed by atoms with Gasteiger partial charge in [0.05, 0.1) is 6.54 Å². The van der Waals surface area contributed by atoms with Crippen molar-refractivity contribution in [2.45, 2.75) is 24.3 Å². The minimum atomic E-state index is -4.06. The van der Waals surface area contributed by atoms with E-state index in [1.807, 2.05) is 59.8 Å². The van der Waals surface area contributed by atoms with E-state index in [1.54, 1.807) is 5.32 Å². The van der Waals surface area contributed by atoms with Crippen LogP contribution in [0.5, 0.6) is 0 Å². The van der Waals surface area contributed by atoms with E-state index in [-0.39, 0.29) is 12.5 Å². The maximum absolute atomic E-state index is 14.1. The smallest absolute Gasteiger partial charge is 0.407 e. The number of ether oxygens (including phenoxy) is 1. The molecule has 0 radical (unpaired) electrons. The van der Waals surface area contributed by atoms with Crippen LogP contribution in [0.25, 0.3) is 11.1 Å². The number of benzene rings is 2. The second-order valence-corrected chi connectivity index (χ2v) is 7.16. The summed E-state index contributed by atoms with van der Waals surface area (Å²) in [6.07, 6.45) is 3.38. The fraction of sp³-hybridized carbons (Fsp3) is 0.261. The van der Waals surface area contributed by atoms with E-state index in [9.17, 15) is 23.2 Å². The van der Waals surface area contributed by atoms with Gasteiger partial charge in [0.2, 0.25) is 0 Å². The zero-order valence-electron chi connectivity index (χ0n) is 16.8. The lowest BCUT2D eigenvalue weighted by molar-refractivity contribution is -0.150. The molecule has 7 nitrogen and oxygen atoms in total. The number of carbonyl (C=O) groups is 3. The Labute approximate surface area is 182 Å². The Morgan fingerprint density at radius 2 is 1.66 bits per heavy atom. The molecular weight excluding hydrogens is 422 g/mol. The van der Waals surface area contributed by atoms with E-state index in [4.69, 9.17) is 16.3 Å². The van der Waals surface area contributed by atoms with E-state index in [0.717, 1.165) is 22.3 Å². The maximum atomic E-state index is 14.1. The third kappa shape index (κ3) is 4.86. The Morgan fingerprint density at radius 1 is 1.09 bits per heavy atom. The molecule has 3 rings (SSSR count). The number of fused-ring (bicyclic) bond motifs is 3. The van der Waals surface area contributed by atoms with Crippen molar-refractivity contribution in [3.05, 3.63) is 59.7 Å². The lowest BCUT2D eigenvalue weighted by Gasteiger charge is -2.20. The van der Waals surface area contributed by atoms with Crippen molar-refractivity contribution in [2.24, 2.45) is 0 Å². The number of terminal acetylenes is 1. The Kier molecular flexibility index (Phi) is 6.73. The lowest BCUT2D eigenvalue weighted by Crippen LogP contribution is -2.52. The number of aliphatic carboxylic acids is 1. The summed E-state index contributed by atoms with van der Waals surface area (Å²) in [6.45, 7) is -1.45. The van der Waals surface area contributed by atoms with Crippen molar-refractivity contribution in [1.82, 2.24) is 10.6 Å². The standard InChI is InChI=1S/C23H20F2N2O5/c1-2-7-19(20(28)29)27-21(30)23(24,25)13-26-22(31)32-12-18-16-10-5-3-8-14(16)15-9-4-6-11-17(15)18/h1,3-6,8-11,18-19H,7,12-13H2,(H,26,31)(H,27,30)(H,28,29). The summed E-state index contributed by atoms with van der Waals surface area (Å²) in [5.41, 5.74) is 3.94. The van der Waals surface area contributed by atoms with Gasteiger partial charge in [-0.05, 0) is 22.3 Å². The van der Waals surface area contributed by atoms with E-state index >= 15 is 0 Å². The topological polar surface area (TPSA) is 105 Å². The van der Waals surface area contributed by atoms with Crippen LogP contribution in [0.1, 0.15) is 23.5 Å². The van der Waals surface area contributed by atoms with Crippen LogP contribution in [0, 0.1) is 12.3 Å². The van der Waals surface area contributed by atoms with Gasteiger partial charge in [0, 0.05) is 12.3 Å². The highest BCUT2D eigenvalue weighted by Gasteiger charge is 2.41. The molecule has 1 aliphatic carbocycles. The number of amides is 2. The molecule has 0 saturated carbocycles. The highest BCUT2D eigenvalue weighted by Crippen LogP contribution is 2.44. The molecule has 1 aliphatic rings. The van der Waals surface area contributed by atoms with Crippen molar-refractivity contribution in [1.29, 1.82) is 0 Å². The zero-order chi connectivity index (χ0) is 23.3. The summed E-state index contributed by atoms with van der Waals surface area (Å²) in [4.78, 5) is 34.7. The number of carbonyl (C=O) groups excluding carboxylic acids is 2. The number of alkyl carbamates (subject to hydrolysis) is 1. The van der Waals surface area contributed by atoms with Crippen LogP contribution in [-0.4, -0.2) is 48.2 Å². The van der Waals surface area contributed by atoms with Crippen LogP contribution in [0.3, 0.4) is 0 Å². The molecule has 2 aromatic rings. The van der Waals surface area contributed by atoms with Crippen LogP contribution >= 0.6 is 0 Å². The van der Waals surface area contributed by atoms with E-state index in [0.29, 0.717) is 0 Å². The molecule has 0 spiro atoms. The predicted molar refractivity (Wildman–Crippen MR) is 111 cm³/mol. The molecule has 9 heteroatoms. The number of halogens is 2. The number of carboxylic acid groups (broad SMARTS) is 1.